The van der Waals surface area contributed by atoms with Crippen LogP contribution in [0.25, 0.3) is 0 Å². The van der Waals surface area contributed by atoms with E-state index in [1.54, 1.807) is 39.0 Å². The van der Waals surface area contributed by atoms with Crippen molar-refractivity contribution in [1.29, 1.82) is 0 Å². The number of imidazole rings is 1. The lowest BCUT2D eigenvalue weighted by Gasteiger charge is -2.25. The Bertz CT molecular complexity index is 1540. The molecule has 16 heteroatoms. The van der Waals surface area contributed by atoms with Crippen LogP contribution in [0.1, 0.15) is 44.9 Å². The molecule has 0 aliphatic carbocycles. The number of nitrogens with zero attached hydrogens (tertiary/aromatic N) is 2. The Morgan fingerprint density at radius 1 is 1.04 bits per heavy atom. The van der Waals surface area contributed by atoms with Crippen LogP contribution in [0.5, 0.6) is 0 Å². The SMILES string of the molecule is COC(=O)C1C/C=C\C[C@H](NC(=O)OC(C)(C)C)C(=O)N[C@@H](Cc2cn(S(=O)(=O)c3ccc(C)cc3)cn2)C(=O)NCC(=O)N1. The van der Waals surface area contributed by atoms with Gasteiger partial charge in [0.1, 0.15) is 30.1 Å². The van der Waals surface area contributed by atoms with E-state index >= 15 is 0 Å². The fraction of sp³-hybridized carbons (Fsp3) is 0.448. The average Bonchev–Trinajstić information content (AvgIpc) is 3.44. The minimum atomic E-state index is -3.99. The second-order valence-corrected chi connectivity index (χ2v) is 13.1. The molecule has 2 heterocycles. The summed E-state index contributed by atoms with van der Waals surface area (Å²) in [6.07, 6.45) is 4.17. The van der Waals surface area contributed by atoms with Crippen molar-refractivity contribution in [1.82, 2.24) is 30.2 Å². The van der Waals surface area contributed by atoms with Gasteiger partial charge in [-0.25, -0.2) is 27.0 Å². The van der Waals surface area contributed by atoms with Crippen molar-refractivity contribution in [2.75, 3.05) is 13.7 Å². The number of alkyl carbamates (subject to hydrolysis) is 1. The summed E-state index contributed by atoms with van der Waals surface area (Å²) in [6.45, 7) is 6.24. The van der Waals surface area contributed by atoms with Gasteiger partial charge in [0.25, 0.3) is 10.0 Å². The lowest BCUT2D eigenvalue weighted by atomic mass is 10.1. The van der Waals surface area contributed by atoms with Crippen molar-refractivity contribution in [3.05, 3.63) is 60.2 Å². The first kappa shape index (κ1) is 34.8. The highest BCUT2D eigenvalue weighted by atomic mass is 32.2. The van der Waals surface area contributed by atoms with Crippen molar-refractivity contribution in [3.8, 4) is 0 Å². The lowest BCUT2D eigenvalue weighted by Crippen LogP contribution is -2.56. The minimum Gasteiger partial charge on any atom is -0.467 e. The summed E-state index contributed by atoms with van der Waals surface area (Å²) in [5, 5.41) is 9.94. The van der Waals surface area contributed by atoms with Crippen LogP contribution in [0.15, 0.2) is 53.8 Å². The van der Waals surface area contributed by atoms with Crippen molar-refractivity contribution < 1.29 is 41.9 Å². The van der Waals surface area contributed by atoms with Crippen LogP contribution in [0, 0.1) is 6.92 Å². The van der Waals surface area contributed by atoms with E-state index in [9.17, 15) is 32.4 Å². The molecule has 2 aromatic rings. The molecule has 15 nitrogen and oxygen atoms in total. The number of esters is 1. The van der Waals surface area contributed by atoms with Gasteiger partial charge in [-0.05, 0) is 52.7 Å². The summed E-state index contributed by atoms with van der Waals surface area (Å²) in [6, 6.07) is 2.59. The van der Waals surface area contributed by atoms with Gasteiger partial charge in [-0.2, -0.15) is 0 Å². The molecular weight excluding hydrogens is 608 g/mol. The average molecular weight is 647 g/mol. The van der Waals surface area contributed by atoms with Crippen molar-refractivity contribution in [2.45, 2.75) is 75.6 Å². The van der Waals surface area contributed by atoms with E-state index in [-0.39, 0.29) is 29.9 Å². The van der Waals surface area contributed by atoms with Crippen molar-refractivity contribution >= 4 is 39.8 Å². The fourth-order valence-corrected chi connectivity index (χ4v) is 5.30. The van der Waals surface area contributed by atoms with Crippen LogP contribution >= 0.6 is 0 Å². The molecule has 244 valence electrons. The molecule has 0 radical (unpaired) electrons. The Kier molecular flexibility index (Phi) is 11.5. The molecule has 1 aliphatic heterocycles. The van der Waals surface area contributed by atoms with E-state index in [4.69, 9.17) is 9.47 Å². The quantitative estimate of drug-likeness (QED) is 0.252. The Morgan fingerprint density at radius 3 is 2.36 bits per heavy atom. The molecule has 1 unspecified atom stereocenters. The summed E-state index contributed by atoms with van der Waals surface area (Å²) in [5.74, 6) is -2.97. The van der Waals surface area contributed by atoms with Gasteiger partial charge in [-0.3, -0.25) is 14.4 Å². The molecule has 0 bridgehead atoms. The number of aryl methyl sites for hydroxylation is 1. The number of methoxy groups -OCH3 is 1. The largest absolute Gasteiger partial charge is 0.467 e. The topological polar surface area (TPSA) is 204 Å². The number of nitrogens with one attached hydrogen (secondary N) is 4. The Morgan fingerprint density at radius 2 is 1.71 bits per heavy atom. The van der Waals surface area contributed by atoms with Gasteiger partial charge >= 0.3 is 12.1 Å². The molecule has 3 rings (SSSR count). The van der Waals surface area contributed by atoms with Gasteiger partial charge in [0.05, 0.1) is 24.2 Å². The second-order valence-electron chi connectivity index (χ2n) is 11.3. The molecule has 1 aliphatic rings. The van der Waals surface area contributed by atoms with Crippen LogP contribution in [0.2, 0.25) is 0 Å². The normalized spacial score (nSPS) is 20.9. The van der Waals surface area contributed by atoms with E-state index in [1.807, 2.05) is 6.92 Å². The number of carbonyl (C=O) groups is 5. The van der Waals surface area contributed by atoms with Gasteiger partial charge in [-0.15, -0.1) is 0 Å². The predicted octanol–water partition coefficient (Wildman–Crippen LogP) is 0.473. The van der Waals surface area contributed by atoms with Gasteiger partial charge in [0, 0.05) is 12.6 Å². The highest BCUT2D eigenvalue weighted by molar-refractivity contribution is 7.90. The lowest BCUT2D eigenvalue weighted by molar-refractivity contribution is -0.144. The predicted molar refractivity (Wildman–Crippen MR) is 160 cm³/mol. The second kappa shape index (κ2) is 14.8. The molecule has 0 fully saturated rings. The smallest absolute Gasteiger partial charge is 0.408 e. The summed E-state index contributed by atoms with van der Waals surface area (Å²) in [7, 11) is -2.83. The highest BCUT2D eigenvalue weighted by Gasteiger charge is 2.30. The molecule has 4 amide bonds. The number of aromatic nitrogens is 2. The number of ether oxygens (including phenoxy) is 2. The number of hydrogen-bond acceptors (Lipinski definition) is 10. The molecule has 4 N–H and O–H groups in total. The van der Waals surface area contributed by atoms with Gasteiger partial charge < -0.3 is 30.7 Å². The zero-order chi connectivity index (χ0) is 33.4. The van der Waals surface area contributed by atoms with Crippen LogP contribution in [0.4, 0.5) is 4.79 Å². The summed E-state index contributed by atoms with van der Waals surface area (Å²) in [4.78, 5) is 68.1. The molecule has 1 aromatic carbocycles. The molecule has 1 aromatic heterocycles. The maximum atomic E-state index is 13.4. The maximum absolute atomic E-state index is 13.4. The van der Waals surface area contributed by atoms with Gasteiger partial charge in [0.15, 0.2) is 0 Å². The van der Waals surface area contributed by atoms with E-state index in [2.05, 4.69) is 26.3 Å². The van der Waals surface area contributed by atoms with E-state index in [1.165, 1.54) is 24.4 Å². The maximum Gasteiger partial charge on any atom is 0.408 e. The molecule has 3 atom stereocenters. The van der Waals surface area contributed by atoms with Crippen LogP contribution in [-0.4, -0.2) is 84.5 Å². The Hall–Kier alpha value is -4.73. The number of hydrogen-bond donors (Lipinski definition) is 4. The molecule has 0 saturated heterocycles. The third kappa shape index (κ3) is 10.2. The number of rotatable bonds is 6. The number of benzene rings is 1. The standard InChI is InChI=1S/C29H38N6O9S/c1-18-10-12-20(13-11-18)45(41,42)35-16-19(31-17-35)14-23-25(37)30-15-24(36)32-22(27(39)43-5)9-7-6-8-21(26(38)33-23)34-28(40)44-29(2,3)4/h6-7,10-13,16-17,21-23H,8-9,14-15H2,1-5H3,(H,30,37)(H,32,36)(H,33,38)(H,34,40)/b7-6-/t21-,22?,23-/m0/s1. The first-order valence-corrected chi connectivity index (χ1v) is 15.5. The van der Waals surface area contributed by atoms with Crippen LogP contribution < -0.4 is 21.3 Å². The summed E-state index contributed by atoms with van der Waals surface area (Å²) >= 11 is 0. The van der Waals surface area contributed by atoms with Crippen molar-refractivity contribution in [3.63, 3.8) is 0 Å². The van der Waals surface area contributed by atoms with Crippen LogP contribution in [-0.2, 0) is 45.1 Å². The molecular formula is C29H38N6O9S. The van der Waals surface area contributed by atoms with Gasteiger partial charge in [-0.1, -0.05) is 29.8 Å². The zero-order valence-electron chi connectivity index (χ0n) is 25.7. The number of amides is 4. The Labute approximate surface area is 261 Å². The van der Waals surface area contributed by atoms with E-state index in [0.29, 0.717) is 0 Å². The molecule has 0 saturated carbocycles. The molecule has 0 spiro atoms. The molecule has 45 heavy (non-hydrogen) atoms. The number of carbonyl (C=O) groups excluding carboxylic acids is 5. The van der Waals surface area contributed by atoms with E-state index < -0.39 is 70.1 Å². The van der Waals surface area contributed by atoms with E-state index in [0.717, 1.165) is 23.0 Å². The summed E-state index contributed by atoms with van der Waals surface area (Å²) < 4.78 is 37.1. The van der Waals surface area contributed by atoms with Crippen molar-refractivity contribution in [2.24, 2.45) is 0 Å². The first-order valence-electron chi connectivity index (χ1n) is 14.0. The first-order chi connectivity index (χ1) is 21.1. The fourth-order valence-electron chi connectivity index (χ4n) is 4.14. The third-order valence-electron chi connectivity index (χ3n) is 6.42. The monoisotopic (exact) mass is 646 g/mol. The minimum absolute atomic E-state index is 0.0178. The zero-order valence-corrected chi connectivity index (χ0v) is 26.5. The van der Waals surface area contributed by atoms with Crippen LogP contribution in [0.3, 0.4) is 0 Å². The Balaban J connectivity index is 1.90. The van der Waals surface area contributed by atoms with Gasteiger partial charge in [0.2, 0.25) is 17.7 Å². The highest BCUT2D eigenvalue weighted by Crippen LogP contribution is 2.16. The third-order valence-corrected chi connectivity index (χ3v) is 8.04. The summed E-state index contributed by atoms with van der Waals surface area (Å²) in [5.41, 5.74) is 0.156.